The molecule has 0 radical (unpaired) electrons. The molecule has 1 saturated heterocycles. The van der Waals surface area contributed by atoms with Crippen molar-refractivity contribution in [3.63, 3.8) is 0 Å². The number of hydrazine groups is 1. The molecule has 0 unspecified atom stereocenters. The molecule has 1 heterocycles. The van der Waals surface area contributed by atoms with Gasteiger partial charge in [-0.25, -0.2) is 5.01 Å². The number of carbonyl (C=O) groups is 4. The fourth-order valence-electron chi connectivity index (χ4n) is 5.40. The molecule has 0 aromatic heterocycles. The predicted octanol–water partition coefficient (Wildman–Crippen LogP) is 4.74. The third kappa shape index (κ3) is 3.48. The Morgan fingerprint density at radius 3 is 2.12 bits per heavy atom. The normalized spacial score (nSPS) is 25.6. The molecule has 34 heavy (non-hydrogen) atoms. The van der Waals surface area contributed by atoms with Crippen LogP contribution in [0.1, 0.15) is 39.6 Å². The van der Waals surface area contributed by atoms with Gasteiger partial charge in [0.05, 0.1) is 22.4 Å². The monoisotopic (exact) mass is 496 g/mol. The summed E-state index contributed by atoms with van der Waals surface area (Å²) < 4.78 is 0. The fraction of sp³-hybridized carbons (Fsp3) is 0.308. The van der Waals surface area contributed by atoms with Crippen molar-refractivity contribution in [3.05, 3.63) is 81.4 Å². The van der Waals surface area contributed by atoms with Crippen molar-refractivity contribution in [1.29, 1.82) is 0 Å². The lowest BCUT2D eigenvalue weighted by Gasteiger charge is -2.35. The summed E-state index contributed by atoms with van der Waals surface area (Å²) in [5, 5.41) is 2.28. The van der Waals surface area contributed by atoms with Crippen LogP contribution in [0, 0.1) is 30.6 Å². The van der Waals surface area contributed by atoms with E-state index < -0.39 is 41.4 Å². The van der Waals surface area contributed by atoms with Gasteiger partial charge in [0.15, 0.2) is 5.78 Å². The molecular formula is C26H22Cl2N2O4. The molecule has 0 N–H and O–H groups in total. The van der Waals surface area contributed by atoms with E-state index >= 15 is 0 Å². The van der Waals surface area contributed by atoms with Crippen molar-refractivity contribution < 1.29 is 19.2 Å². The number of benzene rings is 2. The number of nitrogens with zero attached hydrogens (tertiary/aromatic N) is 2. The number of allylic oxidation sites excluding steroid dienone is 2. The van der Waals surface area contributed by atoms with E-state index in [1.165, 1.54) is 25.1 Å². The number of imide groups is 1. The second-order valence-corrected chi connectivity index (χ2v) is 10.0. The van der Waals surface area contributed by atoms with E-state index in [2.05, 4.69) is 0 Å². The van der Waals surface area contributed by atoms with Crippen molar-refractivity contribution in [3.8, 4) is 0 Å². The number of carbonyl (C=O) groups excluding carboxylic acids is 4. The Morgan fingerprint density at radius 2 is 1.56 bits per heavy atom. The van der Waals surface area contributed by atoms with Crippen LogP contribution in [0.5, 0.6) is 0 Å². The fourth-order valence-corrected chi connectivity index (χ4v) is 5.88. The first-order chi connectivity index (χ1) is 16.2. The molecule has 2 aliphatic carbocycles. The molecule has 2 aromatic carbocycles. The van der Waals surface area contributed by atoms with Crippen LogP contribution in [0.4, 0.5) is 0 Å². The molecule has 174 valence electrons. The van der Waals surface area contributed by atoms with E-state index in [9.17, 15) is 19.2 Å². The number of aryl methyl sites for hydroxylation is 1. The van der Waals surface area contributed by atoms with Gasteiger partial charge < -0.3 is 0 Å². The third-order valence-corrected chi connectivity index (χ3v) is 7.66. The number of ketones is 1. The lowest BCUT2D eigenvalue weighted by molar-refractivity contribution is -0.157. The highest BCUT2D eigenvalue weighted by Gasteiger charge is 2.61. The number of hydrogen-bond donors (Lipinski definition) is 0. The number of fused-ring (bicyclic) bond motifs is 5. The van der Waals surface area contributed by atoms with E-state index in [-0.39, 0.29) is 22.4 Å². The van der Waals surface area contributed by atoms with Gasteiger partial charge in [-0.05, 0) is 50.3 Å². The smallest absolute Gasteiger partial charge is 0.275 e. The van der Waals surface area contributed by atoms with Crippen molar-refractivity contribution in [1.82, 2.24) is 10.0 Å². The summed E-state index contributed by atoms with van der Waals surface area (Å²) in [4.78, 5) is 54.2. The molecule has 0 spiro atoms. The molecule has 1 saturated carbocycles. The summed E-state index contributed by atoms with van der Waals surface area (Å²) in [5.41, 5.74) is 1.40. The molecule has 5 atom stereocenters. The largest absolute Gasteiger partial charge is 0.292 e. The highest BCUT2D eigenvalue weighted by Crippen LogP contribution is 2.53. The Bertz CT molecular complexity index is 1230. The van der Waals surface area contributed by atoms with Crippen LogP contribution in [0.15, 0.2) is 54.6 Å². The second-order valence-electron chi connectivity index (χ2n) is 9.17. The lowest BCUT2D eigenvalue weighted by atomic mass is 9.85. The van der Waals surface area contributed by atoms with Crippen LogP contribution in [0.2, 0.25) is 10.0 Å². The van der Waals surface area contributed by atoms with Crippen LogP contribution < -0.4 is 0 Å². The van der Waals surface area contributed by atoms with Gasteiger partial charge in [0.2, 0.25) is 0 Å². The maximum absolute atomic E-state index is 13.8. The van der Waals surface area contributed by atoms with Gasteiger partial charge in [0, 0.05) is 10.6 Å². The summed E-state index contributed by atoms with van der Waals surface area (Å²) in [5.74, 6) is -3.09. The van der Waals surface area contributed by atoms with Crippen LogP contribution in [0.3, 0.4) is 0 Å². The highest BCUT2D eigenvalue weighted by atomic mass is 35.5. The number of rotatable bonds is 5. The van der Waals surface area contributed by atoms with Gasteiger partial charge in [-0.2, -0.15) is 5.01 Å². The van der Waals surface area contributed by atoms with E-state index in [0.29, 0.717) is 10.6 Å². The first kappa shape index (κ1) is 22.8. The Hall–Kier alpha value is -2.96. The van der Waals surface area contributed by atoms with Gasteiger partial charge in [-0.3, -0.25) is 19.2 Å². The Balaban J connectivity index is 1.56. The van der Waals surface area contributed by atoms with E-state index in [0.717, 1.165) is 22.0 Å². The summed E-state index contributed by atoms with van der Waals surface area (Å²) in [6.45, 7) is 3.42. The highest BCUT2D eigenvalue weighted by molar-refractivity contribution is 6.36. The first-order valence-corrected chi connectivity index (χ1v) is 11.9. The number of hydrogen-bond acceptors (Lipinski definition) is 4. The summed E-state index contributed by atoms with van der Waals surface area (Å²) in [6, 6.07) is 10.1. The maximum atomic E-state index is 13.8. The summed E-state index contributed by atoms with van der Waals surface area (Å²) in [7, 11) is 0. The van der Waals surface area contributed by atoms with Crippen molar-refractivity contribution in [2.45, 2.75) is 26.3 Å². The van der Waals surface area contributed by atoms with Crippen molar-refractivity contribution >= 4 is 46.7 Å². The van der Waals surface area contributed by atoms with Gasteiger partial charge in [0.25, 0.3) is 17.7 Å². The number of Topliss-reactive ketones (excluding diaryl/α,β-unsaturated/α-hetero) is 1. The second kappa shape index (κ2) is 8.36. The summed E-state index contributed by atoms with van der Waals surface area (Å²) >= 11 is 12.3. The van der Waals surface area contributed by atoms with E-state index in [1.807, 2.05) is 19.1 Å². The maximum Gasteiger partial charge on any atom is 0.275 e. The molecule has 1 aliphatic heterocycles. The zero-order valence-corrected chi connectivity index (χ0v) is 20.1. The predicted molar refractivity (Wildman–Crippen MR) is 127 cm³/mol. The molecule has 8 heteroatoms. The van der Waals surface area contributed by atoms with Crippen molar-refractivity contribution in [2.75, 3.05) is 0 Å². The SMILES string of the molecule is Cc1ccc(C(=O)[C@H](C)N(C(=O)c2ccc(Cl)cc2Cl)N2C(=O)[C@@H]3[C@H](C2=O)[C@H]2C=C[C@H]3C2)cc1. The molecule has 3 amide bonds. The van der Waals surface area contributed by atoms with E-state index in [1.54, 1.807) is 24.3 Å². The Kier molecular flexibility index (Phi) is 5.61. The lowest BCUT2D eigenvalue weighted by Crippen LogP contribution is -2.57. The minimum absolute atomic E-state index is 0.0318. The molecule has 2 fully saturated rings. The zero-order valence-electron chi connectivity index (χ0n) is 18.6. The van der Waals surface area contributed by atoms with E-state index in [4.69, 9.17) is 23.2 Å². The molecule has 2 bridgehead atoms. The zero-order chi connectivity index (χ0) is 24.3. The average molecular weight is 497 g/mol. The Labute approximate surface area is 207 Å². The van der Waals surface area contributed by atoms with Crippen LogP contribution >= 0.6 is 23.2 Å². The van der Waals surface area contributed by atoms with Gasteiger partial charge >= 0.3 is 0 Å². The van der Waals surface area contributed by atoms with Crippen molar-refractivity contribution in [2.24, 2.45) is 23.7 Å². The van der Waals surface area contributed by atoms with Gasteiger partial charge in [-0.15, -0.1) is 0 Å². The van der Waals surface area contributed by atoms with Crippen LogP contribution in [-0.4, -0.2) is 39.6 Å². The molecule has 5 rings (SSSR count). The van der Waals surface area contributed by atoms with Gasteiger partial charge in [-0.1, -0.05) is 65.2 Å². The Morgan fingerprint density at radius 1 is 0.971 bits per heavy atom. The third-order valence-electron chi connectivity index (χ3n) is 7.11. The molecular weight excluding hydrogens is 475 g/mol. The number of halogens is 2. The summed E-state index contributed by atoms with van der Waals surface area (Å²) in [6.07, 6.45) is 4.71. The molecule has 2 aromatic rings. The first-order valence-electron chi connectivity index (χ1n) is 11.1. The molecule has 6 nitrogen and oxygen atoms in total. The van der Waals surface area contributed by atoms with Crippen LogP contribution in [-0.2, 0) is 9.59 Å². The van der Waals surface area contributed by atoms with Gasteiger partial charge in [0.1, 0.15) is 6.04 Å². The quantitative estimate of drug-likeness (QED) is 0.340. The minimum atomic E-state index is -1.13. The van der Waals surface area contributed by atoms with Crippen LogP contribution in [0.25, 0.3) is 0 Å². The average Bonchev–Trinajstić information content (AvgIpc) is 3.49. The topological polar surface area (TPSA) is 74.8 Å². The number of amides is 3. The minimum Gasteiger partial charge on any atom is -0.292 e. The standard InChI is InChI=1S/C26H22Cl2N2O4/c1-13-3-5-15(6-4-13)23(31)14(2)29(24(32)19-10-9-18(27)12-20(19)28)30-25(33)21-16-7-8-17(11-16)22(21)26(30)34/h3-10,12,14,16-17,21-22H,11H2,1-2H3/t14-,16-,17-,21-,22+/m0/s1. The molecule has 3 aliphatic rings.